The van der Waals surface area contributed by atoms with Crippen molar-refractivity contribution in [2.45, 2.75) is 6.04 Å². The van der Waals surface area contributed by atoms with Gasteiger partial charge in [-0.2, -0.15) is 15.8 Å². The summed E-state index contributed by atoms with van der Waals surface area (Å²) in [6.07, 6.45) is 1.69. The van der Waals surface area contributed by atoms with Crippen molar-refractivity contribution < 1.29 is 4.39 Å². The van der Waals surface area contributed by atoms with E-state index in [0.717, 1.165) is 0 Å². The molecule has 1 aliphatic rings. The lowest BCUT2D eigenvalue weighted by atomic mass is 9.92. The summed E-state index contributed by atoms with van der Waals surface area (Å²) >= 11 is 0. The van der Waals surface area contributed by atoms with Gasteiger partial charge in [0.1, 0.15) is 35.1 Å². The molecule has 0 bridgehead atoms. The number of fused-ring (bicyclic) bond motifs is 1. The number of aromatic nitrogens is 1. The first kappa shape index (κ1) is 16.5. The fourth-order valence-corrected chi connectivity index (χ4v) is 2.70. The number of guanidine groups is 1. The largest absolute Gasteiger partial charge is 0.397 e. The van der Waals surface area contributed by atoms with Crippen molar-refractivity contribution in [3.63, 3.8) is 0 Å². The van der Waals surface area contributed by atoms with Gasteiger partial charge >= 0.3 is 0 Å². The third-order valence-electron chi connectivity index (χ3n) is 3.80. The van der Waals surface area contributed by atoms with Crippen LogP contribution >= 0.6 is 0 Å². The van der Waals surface area contributed by atoms with E-state index in [0.29, 0.717) is 0 Å². The molecule has 1 unspecified atom stereocenters. The van der Waals surface area contributed by atoms with Crippen LogP contribution in [0.25, 0.3) is 0 Å². The van der Waals surface area contributed by atoms with E-state index in [1.807, 2.05) is 12.1 Å². The van der Waals surface area contributed by atoms with Crippen molar-refractivity contribution in [2.24, 2.45) is 4.99 Å². The van der Waals surface area contributed by atoms with Crippen molar-refractivity contribution >= 4 is 23.3 Å². The Bertz CT molecular complexity index is 1070. The highest BCUT2D eigenvalue weighted by molar-refractivity contribution is 5.98. The number of nitrogen functional groups attached to an aromatic ring is 2. The standard InChI is InChI=1S/C16H10FN9/c17-9-3-1-2-7(4-18)10(9)13-11-12(21)8(5-19)14(22)25-15(11)26-16(24-13)23-6-20/h1-3,13H,(H6,21,22,23,24,25,26). The topological polar surface area (TPSA) is 173 Å². The van der Waals surface area contributed by atoms with Crippen LogP contribution in [-0.4, -0.2) is 10.9 Å². The van der Waals surface area contributed by atoms with E-state index in [4.69, 9.17) is 16.7 Å². The number of rotatable bonds is 1. The van der Waals surface area contributed by atoms with E-state index in [9.17, 15) is 14.9 Å². The molecule has 0 spiro atoms. The van der Waals surface area contributed by atoms with Gasteiger partial charge in [0, 0.05) is 11.1 Å². The number of aliphatic imine (C=N–C) groups is 1. The normalized spacial score (nSPS) is 14.7. The van der Waals surface area contributed by atoms with Gasteiger partial charge in [-0.1, -0.05) is 6.07 Å². The molecule has 0 amide bonds. The van der Waals surface area contributed by atoms with Crippen LogP contribution < -0.4 is 22.1 Å². The zero-order valence-corrected chi connectivity index (χ0v) is 13.1. The summed E-state index contributed by atoms with van der Waals surface area (Å²) in [5.74, 6) is -0.712. The molecule has 26 heavy (non-hydrogen) atoms. The Morgan fingerprint density at radius 3 is 2.58 bits per heavy atom. The van der Waals surface area contributed by atoms with Gasteiger partial charge in [0.15, 0.2) is 6.19 Å². The van der Waals surface area contributed by atoms with Crippen molar-refractivity contribution in [1.82, 2.24) is 10.3 Å². The van der Waals surface area contributed by atoms with Gasteiger partial charge in [-0.05, 0) is 12.1 Å². The molecule has 1 aliphatic heterocycles. The van der Waals surface area contributed by atoms with Crippen LogP contribution in [0.2, 0.25) is 0 Å². The van der Waals surface area contributed by atoms with Crippen LogP contribution in [0.1, 0.15) is 28.3 Å². The molecule has 9 nitrogen and oxygen atoms in total. The number of nitrogens with two attached hydrogens (primary N) is 2. The second-order valence-electron chi connectivity index (χ2n) is 5.21. The van der Waals surface area contributed by atoms with Crippen molar-refractivity contribution in [2.75, 3.05) is 16.8 Å². The van der Waals surface area contributed by atoms with E-state index in [2.05, 4.69) is 20.6 Å². The minimum atomic E-state index is -1.10. The van der Waals surface area contributed by atoms with Gasteiger partial charge in [-0.3, -0.25) is 5.32 Å². The minimum Gasteiger partial charge on any atom is -0.397 e. The SMILES string of the molecule is N#CNC1=NC(c2c(F)cccc2C#N)c2c(nc(N)c(C#N)c2N)N1. The molecule has 2 heterocycles. The molecule has 6 N–H and O–H groups in total. The Kier molecular flexibility index (Phi) is 3.98. The van der Waals surface area contributed by atoms with E-state index >= 15 is 0 Å². The molecule has 0 fully saturated rings. The zero-order chi connectivity index (χ0) is 18.8. The van der Waals surface area contributed by atoms with Crippen molar-refractivity contribution in [3.8, 4) is 18.3 Å². The maximum Gasteiger partial charge on any atom is 0.211 e. The fraction of sp³-hybridized carbons (Fsp3) is 0.0625. The maximum absolute atomic E-state index is 14.5. The molecule has 3 rings (SSSR count). The first-order valence-corrected chi connectivity index (χ1v) is 7.19. The lowest BCUT2D eigenvalue weighted by molar-refractivity contribution is 0.598. The molecule has 1 atom stereocenters. The predicted octanol–water partition coefficient (Wildman–Crippen LogP) is 1.07. The Labute approximate surface area is 147 Å². The zero-order valence-electron chi connectivity index (χ0n) is 13.1. The average molecular weight is 347 g/mol. The summed E-state index contributed by atoms with van der Waals surface area (Å²) < 4.78 is 14.5. The lowest BCUT2D eigenvalue weighted by Gasteiger charge is -2.26. The highest BCUT2D eigenvalue weighted by atomic mass is 19.1. The van der Waals surface area contributed by atoms with E-state index < -0.39 is 11.9 Å². The monoisotopic (exact) mass is 347 g/mol. The number of nitriles is 3. The quantitative estimate of drug-likeness (QED) is 0.438. The van der Waals surface area contributed by atoms with E-state index in [1.54, 1.807) is 6.19 Å². The fourth-order valence-electron chi connectivity index (χ4n) is 2.70. The molecule has 2 aromatic rings. The summed E-state index contributed by atoms with van der Waals surface area (Å²) in [7, 11) is 0. The molecule has 1 aromatic carbocycles. The molecule has 0 saturated heterocycles. The first-order valence-electron chi connectivity index (χ1n) is 7.19. The number of hydrogen-bond acceptors (Lipinski definition) is 9. The second kappa shape index (κ2) is 6.27. The molecule has 0 saturated carbocycles. The number of hydrogen-bond donors (Lipinski definition) is 4. The van der Waals surface area contributed by atoms with Crippen molar-refractivity contribution in [3.05, 3.63) is 46.3 Å². The van der Waals surface area contributed by atoms with Gasteiger partial charge in [0.25, 0.3) is 0 Å². The Balaban J connectivity index is 2.35. The van der Waals surface area contributed by atoms with Crippen LogP contribution in [0.15, 0.2) is 23.2 Å². The molecule has 126 valence electrons. The maximum atomic E-state index is 14.5. The Hall–Kier alpha value is -4.36. The van der Waals surface area contributed by atoms with Crippen LogP contribution in [-0.2, 0) is 0 Å². The molecule has 0 radical (unpaired) electrons. The smallest absolute Gasteiger partial charge is 0.211 e. The third-order valence-corrected chi connectivity index (χ3v) is 3.80. The van der Waals surface area contributed by atoms with E-state index in [1.165, 1.54) is 18.2 Å². The number of anilines is 3. The number of nitrogens with zero attached hydrogens (tertiary/aromatic N) is 5. The van der Waals surface area contributed by atoms with Crippen LogP contribution in [0, 0.1) is 39.9 Å². The van der Waals surface area contributed by atoms with Crippen molar-refractivity contribution in [1.29, 1.82) is 15.8 Å². The Morgan fingerprint density at radius 2 is 1.92 bits per heavy atom. The minimum absolute atomic E-state index is 0.0202. The molecule has 1 aromatic heterocycles. The summed E-state index contributed by atoms with van der Waals surface area (Å²) in [5.41, 5.74) is 11.9. The molecular weight excluding hydrogens is 337 g/mol. The van der Waals surface area contributed by atoms with Crippen LogP contribution in [0.4, 0.5) is 21.7 Å². The van der Waals surface area contributed by atoms with Gasteiger partial charge in [-0.15, -0.1) is 0 Å². The molecule has 10 heteroatoms. The third kappa shape index (κ3) is 2.46. The number of pyridine rings is 1. The highest BCUT2D eigenvalue weighted by Crippen LogP contribution is 2.42. The molecular formula is C16H10FN9. The second-order valence-corrected chi connectivity index (χ2v) is 5.21. The summed E-state index contributed by atoms with van der Waals surface area (Å²) in [4.78, 5) is 8.30. The summed E-state index contributed by atoms with van der Waals surface area (Å²) in [6.45, 7) is 0. The lowest BCUT2D eigenvalue weighted by Crippen LogP contribution is -2.33. The number of nitrogens with one attached hydrogen (secondary N) is 2. The number of benzene rings is 1. The predicted molar refractivity (Wildman–Crippen MR) is 90.5 cm³/mol. The Morgan fingerprint density at radius 1 is 1.15 bits per heavy atom. The van der Waals surface area contributed by atoms with Gasteiger partial charge in [0.05, 0.1) is 17.3 Å². The summed E-state index contributed by atoms with van der Waals surface area (Å²) in [5, 5.41) is 32.5. The van der Waals surface area contributed by atoms with Crippen LogP contribution in [0.5, 0.6) is 0 Å². The van der Waals surface area contributed by atoms with E-state index in [-0.39, 0.29) is 45.5 Å². The average Bonchev–Trinajstić information content (AvgIpc) is 2.61. The number of halogens is 1. The highest BCUT2D eigenvalue weighted by Gasteiger charge is 2.32. The molecule has 0 aliphatic carbocycles. The van der Waals surface area contributed by atoms with Gasteiger partial charge in [0.2, 0.25) is 5.96 Å². The van der Waals surface area contributed by atoms with Crippen LogP contribution in [0.3, 0.4) is 0 Å². The van der Waals surface area contributed by atoms with Gasteiger partial charge in [-0.25, -0.2) is 14.4 Å². The first-order chi connectivity index (χ1) is 12.5. The van der Waals surface area contributed by atoms with Gasteiger partial charge < -0.3 is 16.8 Å². The summed E-state index contributed by atoms with van der Waals surface area (Å²) in [6, 6.07) is 6.65.